The standard InChI is InChI=1S/C13H19F2NS/c1-13(2,3)17-8-12(16-4)9-5-6-10(14)11(15)7-9/h5-7,12,16H,8H2,1-4H3. The lowest BCUT2D eigenvalue weighted by atomic mass is 10.1. The van der Waals surface area contributed by atoms with Gasteiger partial charge in [0.05, 0.1) is 0 Å². The van der Waals surface area contributed by atoms with Crippen molar-refractivity contribution in [3.63, 3.8) is 0 Å². The highest BCUT2D eigenvalue weighted by molar-refractivity contribution is 8.00. The minimum Gasteiger partial charge on any atom is -0.312 e. The van der Waals surface area contributed by atoms with E-state index < -0.39 is 11.6 Å². The van der Waals surface area contributed by atoms with Crippen LogP contribution in [0.4, 0.5) is 8.78 Å². The van der Waals surface area contributed by atoms with Gasteiger partial charge in [-0.15, -0.1) is 0 Å². The molecule has 0 heterocycles. The number of hydrogen-bond donors (Lipinski definition) is 1. The minimum absolute atomic E-state index is 0.0364. The summed E-state index contributed by atoms with van der Waals surface area (Å²) >= 11 is 1.79. The molecule has 1 nitrogen and oxygen atoms in total. The Morgan fingerprint density at radius 3 is 2.35 bits per heavy atom. The van der Waals surface area contributed by atoms with Crippen molar-refractivity contribution in [2.75, 3.05) is 12.8 Å². The first kappa shape index (κ1) is 14.5. The van der Waals surface area contributed by atoms with E-state index in [0.717, 1.165) is 11.3 Å². The van der Waals surface area contributed by atoms with Gasteiger partial charge in [-0.25, -0.2) is 8.78 Å². The zero-order valence-electron chi connectivity index (χ0n) is 10.7. The van der Waals surface area contributed by atoms with E-state index in [0.29, 0.717) is 0 Å². The van der Waals surface area contributed by atoms with Crippen molar-refractivity contribution in [1.29, 1.82) is 0 Å². The van der Waals surface area contributed by atoms with E-state index in [1.54, 1.807) is 17.8 Å². The summed E-state index contributed by atoms with van der Waals surface area (Å²) in [7, 11) is 1.83. The van der Waals surface area contributed by atoms with Crippen LogP contribution < -0.4 is 5.32 Å². The summed E-state index contributed by atoms with van der Waals surface area (Å²) in [5.41, 5.74) is 0.781. The normalized spacial score (nSPS) is 13.8. The maximum Gasteiger partial charge on any atom is 0.159 e. The molecule has 0 saturated heterocycles. The Balaban J connectivity index is 2.76. The van der Waals surface area contributed by atoms with Crippen LogP contribution in [0.3, 0.4) is 0 Å². The van der Waals surface area contributed by atoms with Crippen LogP contribution in [0.2, 0.25) is 0 Å². The van der Waals surface area contributed by atoms with Crippen molar-refractivity contribution >= 4 is 11.8 Å². The molecule has 17 heavy (non-hydrogen) atoms. The number of hydrogen-bond acceptors (Lipinski definition) is 2. The van der Waals surface area contributed by atoms with Crippen LogP contribution in [-0.4, -0.2) is 17.5 Å². The van der Waals surface area contributed by atoms with Gasteiger partial charge in [0.15, 0.2) is 11.6 Å². The molecule has 0 radical (unpaired) electrons. The highest BCUT2D eigenvalue weighted by Gasteiger charge is 2.17. The molecule has 0 aliphatic carbocycles. The monoisotopic (exact) mass is 259 g/mol. The van der Waals surface area contributed by atoms with Crippen molar-refractivity contribution in [2.45, 2.75) is 31.6 Å². The smallest absolute Gasteiger partial charge is 0.159 e. The number of halogens is 2. The molecule has 0 spiro atoms. The highest BCUT2D eigenvalue weighted by atomic mass is 32.2. The van der Waals surface area contributed by atoms with E-state index >= 15 is 0 Å². The summed E-state index contributed by atoms with van der Waals surface area (Å²) in [6.07, 6.45) is 0. The van der Waals surface area contributed by atoms with Crippen LogP contribution in [0.1, 0.15) is 32.4 Å². The molecule has 0 saturated carbocycles. The molecule has 1 N–H and O–H groups in total. The van der Waals surface area contributed by atoms with E-state index in [9.17, 15) is 8.78 Å². The van der Waals surface area contributed by atoms with Crippen molar-refractivity contribution in [3.8, 4) is 0 Å². The summed E-state index contributed by atoms with van der Waals surface area (Å²) in [5, 5.41) is 3.13. The lowest BCUT2D eigenvalue weighted by molar-refractivity contribution is 0.504. The Hall–Kier alpha value is -0.610. The predicted molar refractivity (Wildman–Crippen MR) is 70.4 cm³/mol. The molecule has 1 atom stereocenters. The lowest BCUT2D eigenvalue weighted by Gasteiger charge is -2.23. The zero-order chi connectivity index (χ0) is 13.1. The first-order valence-electron chi connectivity index (χ1n) is 5.59. The van der Waals surface area contributed by atoms with Crippen LogP contribution in [0.25, 0.3) is 0 Å². The quantitative estimate of drug-likeness (QED) is 0.883. The van der Waals surface area contributed by atoms with Gasteiger partial charge in [-0.1, -0.05) is 26.8 Å². The molecule has 1 aromatic carbocycles. The predicted octanol–water partition coefficient (Wildman–Crippen LogP) is 3.76. The third-order valence-electron chi connectivity index (χ3n) is 2.38. The second kappa shape index (κ2) is 5.83. The Morgan fingerprint density at radius 2 is 1.88 bits per heavy atom. The topological polar surface area (TPSA) is 12.0 Å². The first-order valence-corrected chi connectivity index (χ1v) is 6.58. The number of benzene rings is 1. The Labute approximate surface area is 106 Å². The maximum absolute atomic E-state index is 13.1. The van der Waals surface area contributed by atoms with Crippen molar-refractivity contribution in [3.05, 3.63) is 35.4 Å². The van der Waals surface area contributed by atoms with Gasteiger partial charge in [0.2, 0.25) is 0 Å². The molecular formula is C13H19F2NS. The number of rotatable bonds is 4. The third-order valence-corrected chi connectivity index (χ3v) is 3.74. The van der Waals surface area contributed by atoms with Gasteiger partial charge >= 0.3 is 0 Å². The molecule has 1 aromatic rings. The summed E-state index contributed by atoms with van der Waals surface area (Å²) < 4.78 is 26.1. The number of nitrogens with one attached hydrogen (secondary N) is 1. The van der Waals surface area contributed by atoms with Gasteiger partial charge < -0.3 is 5.32 Å². The van der Waals surface area contributed by atoms with Crippen LogP contribution in [0.15, 0.2) is 18.2 Å². The van der Waals surface area contributed by atoms with Gasteiger partial charge in [-0.2, -0.15) is 11.8 Å². The molecular weight excluding hydrogens is 240 g/mol. The summed E-state index contributed by atoms with van der Waals surface area (Å²) in [6.45, 7) is 6.40. The van der Waals surface area contributed by atoms with Gasteiger partial charge in [-0.05, 0) is 24.7 Å². The SMILES string of the molecule is CNC(CSC(C)(C)C)c1ccc(F)c(F)c1. The van der Waals surface area contributed by atoms with Crippen molar-refractivity contribution < 1.29 is 8.78 Å². The van der Waals surface area contributed by atoms with Crippen LogP contribution >= 0.6 is 11.8 Å². The van der Waals surface area contributed by atoms with E-state index in [4.69, 9.17) is 0 Å². The van der Waals surface area contributed by atoms with Gasteiger partial charge in [0, 0.05) is 16.5 Å². The molecule has 0 aromatic heterocycles. The average Bonchev–Trinajstić information content (AvgIpc) is 2.22. The van der Waals surface area contributed by atoms with E-state index in [2.05, 4.69) is 26.1 Å². The Bertz CT molecular complexity index is 374. The van der Waals surface area contributed by atoms with Crippen LogP contribution in [0.5, 0.6) is 0 Å². The van der Waals surface area contributed by atoms with Gasteiger partial charge in [0.25, 0.3) is 0 Å². The molecule has 0 fully saturated rings. The van der Waals surface area contributed by atoms with E-state index in [-0.39, 0.29) is 10.8 Å². The fourth-order valence-electron chi connectivity index (χ4n) is 1.41. The minimum atomic E-state index is -0.799. The van der Waals surface area contributed by atoms with Crippen LogP contribution in [0, 0.1) is 11.6 Å². The second-order valence-corrected chi connectivity index (χ2v) is 6.78. The van der Waals surface area contributed by atoms with Crippen LogP contribution in [-0.2, 0) is 0 Å². The van der Waals surface area contributed by atoms with E-state index in [1.807, 2.05) is 7.05 Å². The molecule has 0 bridgehead atoms. The molecule has 4 heteroatoms. The second-order valence-electron chi connectivity index (χ2n) is 4.94. The summed E-state index contributed by atoms with van der Waals surface area (Å²) in [4.78, 5) is 0. The molecule has 0 amide bonds. The first-order chi connectivity index (χ1) is 7.83. The maximum atomic E-state index is 13.1. The summed E-state index contributed by atoms with van der Waals surface area (Å²) in [6, 6.07) is 4.11. The van der Waals surface area contributed by atoms with Crippen molar-refractivity contribution in [1.82, 2.24) is 5.32 Å². The Kier molecular flexibility index (Phi) is 4.95. The van der Waals surface area contributed by atoms with E-state index in [1.165, 1.54) is 12.1 Å². The largest absolute Gasteiger partial charge is 0.312 e. The fraction of sp³-hybridized carbons (Fsp3) is 0.538. The molecule has 0 aliphatic rings. The molecule has 0 aliphatic heterocycles. The van der Waals surface area contributed by atoms with Gasteiger partial charge in [-0.3, -0.25) is 0 Å². The average molecular weight is 259 g/mol. The fourth-order valence-corrected chi connectivity index (χ4v) is 2.43. The third kappa shape index (κ3) is 4.64. The molecule has 1 unspecified atom stereocenters. The highest BCUT2D eigenvalue weighted by Crippen LogP contribution is 2.28. The zero-order valence-corrected chi connectivity index (χ0v) is 11.5. The summed E-state index contributed by atoms with van der Waals surface area (Å²) in [5.74, 6) is -0.763. The molecule has 96 valence electrons. The Morgan fingerprint density at radius 1 is 1.24 bits per heavy atom. The lowest BCUT2D eigenvalue weighted by Crippen LogP contribution is -2.22. The molecule has 1 rings (SSSR count). The van der Waals surface area contributed by atoms with Crippen molar-refractivity contribution in [2.24, 2.45) is 0 Å². The van der Waals surface area contributed by atoms with Gasteiger partial charge in [0.1, 0.15) is 0 Å². The number of thioether (sulfide) groups is 1.